The highest BCUT2D eigenvalue weighted by atomic mass is 16.6. The maximum absolute atomic E-state index is 12.2. The zero-order valence-electron chi connectivity index (χ0n) is 19.3. The van der Waals surface area contributed by atoms with Gasteiger partial charge in [-0.25, -0.2) is 9.59 Å². The normalized spacial score (nSPS) is 21.1. The third kappa shape index (κ3) is 6.91. The Labute approximate surface area is 184 Å². The molecule has 7 heteroatoms. The molecule has 1 aromatic rings. The number of ether oxygens (including phenoxy) is 5. The molecule has 0 amide bonds. The van der Waals surface area contributed by atoms with E-state index in [1.165, 1.54) is 27.4 Å². The molecule has 0 N–H and O–H groups in total. The zero-order valence-corrected chi connectivity index (χ0v) is 19.3. The molecule has 1 aliphatic rings. The first-order chi connectivity index (χ1) is 14.8. The predicted octanol–water partition coefficient (Wildman–Crippen LogP) is 4.27. The third-order valence-corrected chi connectivity index (χ3v) is 5.68. The molecule has 1 aliphatic carbocycles. The highest BCUT2D eigenvalue weighted by Gasteiger charge is 2.33. The van der Waals surface area contributed by atoms with E-state index in [0.29, 0.717) is 40.6 Å². The van der Waals surface area contributed by atoms with Crippen molar-refractivity contribution in [1.29, 1.82) is 0 Å². The Hall–Kier alpha value is -2.70. The van der Waals surface area contributed by atoms with Gasteiger partial charge in [0.05, 0.1) is 21.3 Å². The van der Waals surface area contributed by atoms with E-state index in [1.807, 2.05) is 0 Å². The van der Waals surface area contributed by atoms with E-state index < -0.39 is 18.5 Å². The van der Waals surface area contributed by atoms with Crippen molar-refractivity contribution in [2.45, 2.75) is 46.1 Å². The summed E-state index contributed by atoms with van der Waals surface area (Å²) in [6, 6.07) is 3.41. The first-order valence-corrected chi connectivity index (χ1v) is 10.6. The molecule has 3 atom stereocenters. The maximum Gasteiger partial charge on any atom is 0.344 e. The molecule has 0 heterocycles. The molecule has 172 valence electrons. The molecule has 0 aliphatic heterocycles. The predicted molar refractivity (Wildman–Crippen MR) is 117 cm³/mol. The number of hydrogen-bond donors (Lipinski definition) is 0. The monoisotopic (exact) mass is 434 g/mol. The van der Waals surface area contributed by atoms with Crippen LogP contribution in [-0.4, -0.2) is 46.0 Å². The largest absolute Gasteiger partial charge is 0.493 e. The summed E-state index contributed by atoms with van der Waals surface area (Å²) in [6.07, 6.45) is 5.73. The Morgan fingerprint density at radius 1 is 1.06 bits per heavy atom. The van der Waals surface area contributed by atoms with Crippen molar-refractivity contribution >= 4 is 18.0 Å². The van der Waals surface area contributed by atoms with Gasteiger partial charge in [0.2, 0.25) is 5.75 Å². The van der Waals surface area contributed by atoms with E-state index in [4.69, 9.17) is 23.7 Å². The van der Waals surface area contributed by atoms with E-state index >= 15 is 0 Å². The first-order valence-electron chi connectivity index (χ1n) is 10.6. The van der Waals surface area contributed by atoms with E-state index in [2.05, 4.69) is 20.8 Å². The second-order valence-corrected chi connectivity index (χ2v) is 8.25. The standard InChI is InChI=1S/C24H34O7/c1-15(2)18-9-7-16(3)11-19(18)31-23(26)14-30-22(25)10-8-17-12-20(27-4)24(29-6)21(13-17)28-5/h8,10,12-13,15-16,18-19H,7,9,11,14H2,1-6H3/b10-8+/t16-,18-,19-/m1/s1. The number of esters is 2. The van der Waals surface area contributed by atoms with Gasteiger partial charge in [0, 0.05) is 6.08 Å². The van der Waals surface area contributed by atoms with Gasteiger partial charge < -0.3 is 23.7 Å². The molecule has 1 fully saturated rings. The van der Waals surface area contributed by atoms with Crippen molar-refractivity contribution in [3.63, 3.8) is 0 Å². The van der Waals surface area contributed by atoms with Crippen LogP contribution in [0, 0.1) is 17.8 Å². The minimum Gasteiger partial charge on any atom is -0.493 e. The van der Waals surface area contributed by atoms with Gasteiger partial charge in [0.15, 0.2) is 18.1 Å². The SMILES string of the molecule is COc1cc(/C=C/C(=O)OCC(=O)O[C@@H]2C[C@H](C)CC[C@@H]2C(C)C)cc(OC)c1OC. The van der Waals surface area contributed by atoms with Crippen molar-refractivity contribution < 1.29 is 33.3 Å². The lowest BCUT2D eigenvalue weighted by Crippen LogP contribution is -2.36. The maximum atomic E-state index is 12.2. The molecule has 0 spiro atoms. The highest BCUT2D eigenvalue weighted by molar-refractivity contribution is 5.88. The zero-order chi connectivity index (χ0) is 23.0. The smallest absolute Gasteiger partial charge is 0.344 e. The molecule has 0 bridgehead atoms. The van der Waals surface area contributed by atoms with E-state index in [-0.39, 0.29) is 6.10 Å². The van der Waals surface area contributed by atoms with Gasteiger partial charge in [-0.3, -0.25) is 0 Å². The van der Waals surface area contributed by atoms with E-state index in [0.717, 1.165) is 19.3 Å². The Bertz CT molecular complexity index is 759. The molecule has 0 aromatic heterocycles. The topological polar surface area (TPSA) is 80.3 Å². The van der Waals surface area contributed by atoms with Crippen LogP contribution >= 0.6 is 0 Å². The van der Waals surface area contributed by atoms with Gasteiger partial charge in [0.25, 0.3) is 0 Å². The third-order valence-electron chi connectivity index (χ3n) is 5.68. The highest BCUT2D eigenvalue weighted by Crippen LogP contribution is 2.38. The van der Waals surface area contributed by atoms with Crippen molar-refractivity contribution in [2.24, 2.45) is 17.8 Å². The first kappa shape index (κ1) is 24.6. The van der Waals surface area contributed by atoms with Crippen LogP contribution < -0.4 is 14.2 Å². The quantitative estimate of drug-likeness (QED) is 0.424. The number of methoxy groups -OCH3 is 3. The van der Waals surface area contributed by atoms with Crippen molar-refractivity contribution in [3.8, 4) is 17.2 Å². The Balaban J connectivity index is 1.92. The molecule has 0 unspecified atom stereocenters. The van der Waals surface area contributed by atoms with Gasteiger partial charge in [-0.2, -0.15) is 0 Å². The summed E-state index contributed by atoms with van der Waals surface area (Å²) in [4.78, 5) is 24.3. The van der Waals surface area contributed by atoms with Gasteiger partial charge >= 0.3 is 11.9 Å². The van der Waals surface area contributed by atoms with Crippen molar-refractivity contribution in [3.05, 3.63) is 23.8 Å². The van der Waals surface area contributed by atoms with Crippen molar-refractivity contribution in [1.82, 2.24) is 0 Å². The molecule has 1 aromatic carbocycles. The van der Waals surface area contributed by atoms with Gasteiger partial charge in [0.1, 0.15) is 6.10 Å². The lowest BCUT2D eigenvalue weighted by molar-refractivity contribution is -0.165. The van der Waals surface area contributed by atoms with Crippen LogP contribution in [0.2, 0.25) is 0 Å². The lowest BCUT2D eigenvalue weighted by atomic mass is 9.75. The summed E-state index contributed by atoms with van der Waals surface area (Å²) in [6.45, 7) is 6.06. The minimum absolute atomic E-state index is 0.121. The average Bonchev–Trinajstić information content (AvgIpc) is 2.75. The van der Waals surface area contributed by atoms with Crippen molar-refractivity contribution in [2.75, 3.05) is 27.9 Å². The summed E-state index contributed by atoms with van der Waals surface area (Å²) in [5.41, 5.74) is 0.657. The fraction of sp³-hybridized carbons (Fsp3) is 0.583. The van der Waals surface area contributed by atoms with E-state index in [9.17, 15) is 9.59 Å². The average molecular weight is 435 g/mol. The van der Waals surface area contributed by atoms with Crippen LogP contribution in [0.5, 0.6) is 17.2 Å². The Morgan fingerprint density at radius 2 is 1.71 bits per heavy atom. The molecule has 31 heavy (non-hydrogen) atoms. The molecule has 2 rings (SSSR count). The fourth-order valence-corrected chi connectivity index (χ4v) is 3.99. The number of hydrogen-bond acceptors (Lipinski definition) is 7. The molecular formula is C24H34O7. The summed E-state index contributed by atoms with van der Waals surface area (Å²) in [5, 5.41) is 0. The molecule has 7 nitrogen and oxygen atoms in total. The van der Waals surface area contributed by atoms with Crippen LogP contribution in [0.4, 0.5) is 0 Å². The van der Waals surface area contributed by atoms with E-state index in [1.54, 1.807) is 18.2 Å². The number of carbonyl (C=O) groups is 2. The van der Waals surface area contributed by atoms with Crippen LogP contribution in [0.1, 0.15) is 45.6 Å². The second-order valence-electron chi connectivity index (χ2n) is 8.25. The minimum atomic E-state index is -0.636. The van der Waals surface area contributed by atoms with Crippen LogP contribution in [0.15, 0.2) is 18.2 Å². The summed E-state index contributed by atoms with van der Waals surface area (Å²) < 4.78 is 26.6. The van der Waals surface area contributed by atoms with Crippen LogP contribution in [0.25, 0.3) is 6.08 Å². The number of benzene rings is 1. The Morgan fingerprint density at radius 3 is 2.26 bits per heavy atom. The fourth-order valence-electron chi connectivity index (χ4n) is 3.99. The summed E-state index contributed by atoms with van der Waals surface area (Å²) >= 11 is 0. The second kappa shape index (κ2) is 11.6. The van der Waals surface area contributed by atoms with Gasteiger partial charge in [-0.05, 0) is 54.4 Å². The summed E-state index contributed by atoms with van der Waals surface area (Å²) in [5.74, 6) is 1.56. The Kier molecular flexibility index (Phi) is 9.21. The molecule has 0 radical (unpaired) electrons. The number of rotatable bonds is 9. The molecule has 0 saturated heterocycles. The molecular weight excluding hydrogens is 400 g/mol. The lowest BCUT2D eigenvalue weighted by Gasteiger charge is -2.36. The molecule has 1 saturated carbocycles. The van der Waals surface area contributed by atoms with Gasteiger partial charge in [-0.1, -0.05) is 27.2 Å². The van der Waals surface area contributed by atoms with Gasteiger partial charge in [-0.15, -0.1) is 0 Å². The van der Waals surface area contributed by atoms with Crippen LogP contribution in [0.3, 0.4) is 0 Å². The van der Waals surface area contributed by atoms with Crippen LogP contribution in [-0.2, 0) is 19.1 Å². The summed E-state index contributed by atoms with van der Waals surface area (Å²) in [7, 11) is 4.55. The number of carbonyl (C=O) groups excluding carboxylic acids is 2.